The predicted octanol–water partition coefficient (Wildman–Crippen LogP) is 3.75. The van der Waals surface area contributed by atoms with Gasteiger partial charge in [-0.1, -0.05) is 20.8 Å². The van der Waals surface area contributed by atoms with E-state index >= 15 is 0 Å². The van der Waals surface area contributed by atoms with Gasteiger partial charge in [0.1, 0.15) is 5.78 Å². The van der Waals surface area contributed by atoms with Gasteiger partial charge < -0.3 is 14.9 Å². The van der Waals surface area contributed by atoms with Crippen molar-refractivity contribution in [1.82, 2.24) is 0 Å². The number of ketones is 1. The van der Waals surface area contributed by atoms with Crippen LogP contribution in [0, 0.1) is 46.3 Å². The van der Waals surface area contributed by atoms with Crippen LogP contribution in [0.3, 0.4) is 0 Å². The lowest BCUT2D eigenvalue weighted by Crippen LogP contribution is -2.61. The Hall–Kier alpha value is -0.940. The van der Waals surface area contributed by atoms with Crippen LogP contribution in [0.5, 0.6) is 0 Å². The van der Waals surface area contributed by atoms with Gasteiger partial charge in [-0.2, -0.15) is 0 Å². The van der Waals surface area contributed by atoms with Crippen molar-refractivity contribution in [2.45, 2.75) is 90.8 Å². The zero-order valence-electron chi connectivity index (χ0n) is 19.1. The highest BCUT2D eigenvalue weighted by Crippen LogP contribution is 2.67. The van der Waals surface area contributed by atoms with Gasteiger partial charge in [-0.05, 0) is 80.0 Å². The van der Waals surface area contributed by atoms with Crippen LogP contribution in [0.1, 0.15) is 78.6 Å². The molecule has 5 nitrogen and oxygen atoms in total. The number of fused-ring (bicyclic) bond motifs is 5. The SMILES string of the molecule is COC(=O)CC[C@@H](C)[C@H]1CC[C@H]2[C@H]3C(=O)C[C@@H]4C[C@H](O)CC[C@]4(C)[C@H]3C[C@H](O)[C@]12C. The zero-order chi connectivity index (χ0) is 21.8. The lowest BCUT2D eigenvalue weighted by atomic mass is 9.43. The molecular formula is C25H40O5. The molecule has 0 aromatic rings. The van der Waals surface area contributed by atoms with E-state index < -0.39 is 6.10 Å². The van der Waals surface area contributed by atoms with Gasteiger partial charge in [-0.15, -0.1) is 0 Å². The van der Waals surface area contributed by atoms with Crippen molar-refractivity contribution in [3.63, 3.8) is 0 Å². The molecule has 4 rings (SSSR count). The molecule has 30 heavy (non-hydrogen) atoms. The summed E-state index contributed by atoms with van der Waals surface area (Å²) in [5.41, 5.74) is -0.210. The molecule has 0 unspecified atom stereocenters. The van der Waals surface area contributed by atoms with Crippen LogP contribution in [-0.2, 0) is 14.3 Å². The summed E-state index contributed by atoms with van der Waals surface area (Å²) >= 11 is 0. The normalized spacial score (nSPS) is 49.0. The third kappa shape index (κ3) is 3.26. The summed E-state index contributed by atoms with van der Waals surface area (Å²) in [5.74, 6) is 1.61. The quantitative estimate of drug-likeness (QED) is 0.677. The van der Waals surface area contributed by atoms with Crippen LogP contribution < -0.4 is 0 Å². The van der Waals surface area contributed by atoms with Gasteiger partial charge >= 0.3 is 5.97 Å². The lowest BCUT2D eigenvalue weighted by Gasteiger charge is -2.61. The van der Waals surface area contributed by atoms with E-state index in [1.165, 1.54) is 7.11 Å². The van der Waals surface area contributed by atoms with Crippen LogP contribution in [0.4, 0.5) is 0 Å². The molecule has 0 spiro atoms. The minimum atomic E-state index is -0.410. The highest BCUT2D eigenvalue weighted by atomic mass is 16.5. The van der Waals surface area contributed by atoms with E-state index in [-0.39, 0.29) is 46.6 Å². The fourth-order valence-electron chi connectivity index (χ4n) is 8.49. The standard InChI is InChI=1S/C25H40O5/c1-14(5-8-22(29)30-4)17-6-7-18-23-19(13-21(28)25(17,18)3)24(2)10-9-16(26)11-15(24)12-20(23)27/h14-19,21,23,26,28H,5-13H2,1-4H3/t14-,15+,16-,17-,18+,19+,21+,23-,24+,25-/m1/s1. The highest BCUT2D eigenvalue weighted by Gasteiger charge is 2.65. The Balaban J connectivity index is 1.59. The Kier molecular flexibility index (Phi) is 5.85. The van der Waals surface area contributed by atoms with Gasteiger partial charge in [0.15, 0.2) is 0 Å². The Morgan fingerprint density at radius 3 is 2.60 bits per heavy atom. The van der Waals surface area contributed by atoms with Gasteiger partial charge in [0.05, 0.1) is 19.3 Å². The second-order valence-corrected chi connectivity index (χ2v) is 11.4. The Bertz CT molecular complexity index is 691. The molecule has 0 aromatic heterocycles. The van der Waals surface area contributed by atoms with Crippen molar-refractivity contribution >= 4 is 11.8 Å². The number of Topliss-reactive ketones (excluding diaryl/α,β-unsaturated/α-hetero) is 1. The summed E-state index contributed by atoms with van der Waals surface area (Å²) in [4.78, 5) is 25.1. The molecule has 4 saturated carbocycles. The molecule has 0 saturated heterocycles. The van der Waals surface area contributed by atoms with Gasteiger partial charge in [-0.3, -0.25) is 9.59 Å². The molecule has 0 heterocycles. The first-order chi connectivity index (χ1) is 14.1. The highest BCUT2D eigenvalue weighted by molar-refractivity contribution is 5.83. The minimum absolute atomic E-state index is 0.0488. The largest absolute Gasteiger partial charge is 0.469 e. The van der Waals surface area contributed by atoms with E-state index in [1.807, 2.05) is 0 Å². The van der Waals surface area contributed by atoms with Crippen LogP contribution >= 0.6 is 0 Å². The minimum Gasteiger partial charge on any atom is -0.469 e. The van der Waals surface area contributed by atoms with E-state index in [2.05, 4.69) is 20.8 Å². The van der Waals surface area contributed by atoms with E-state index in [9.17, 15) is 19.8 Å². The average molecular weight is 421 g/mol. The number of rotatable bonds is 4. The number of aliphatic hydroxyl groups is 2. The summed E-state index contributed by atoms with van der Waals surface area (Å²) in [6.07, 6.45) is 6.32. The summed E-state index contributed by atoms with van der Waals surface area (Å²) in [7, 11) is 1.43. The summed E-state index contributed by atoms with van der Waals surface area (Å²) in [6, 6.07) is 0. The second-order valence-electron chi connectivity index (χ2n) is 11.4. The molecule has 170 valence electrons. The maximum absolute atomic E-state index is 13.4. The molecule has 0 aromatic carbocycles. The maximum Gasteiger partial charge on any atom is 0.305 e. The van der Waals surface area contributed by atoms with Gasteiger partial charge in [0.25, 0.3) is 0 Å². The van der Waals surface area contributed by atoms with Crippen molar-refractivity contribution in [1.29, 1.82) is 0 Å². The van der Waals surface area contributed by atoms with Crippen molar-refractivity contribution < 1.29 is 24.5 Å². The molecule has 4 aliphatic rings. The van der Waals surface area contributed by atoms with Crippen LogP contribution in [0.15, 0.2) is 0 Å². The van der Waals surface area contributed by atoms with Gasteiger partial charge in [-0.25, -0.2) is 0 Å². The summed E-state index contributed by atoms with van der Waals surface area (Å²) in [5, 5.41) is 21.7. The van der Waals surface area contributed by atoms with Crippen LogP contribution in [0.25, 0.3) is 0 Å². The fraction of sp³-hybridized carbons (Fsp3) is 0.920. The fourth-order valence-corrected chi connectivity index (χ4v) is 8.49. The number of esters is 1. The average Bonchev–Trinajstić information content (AvgIpc) is 3.06. The van der Waals surface area contributed by atoms with E-state index in [4.69, 9.17) is 4.74 Å². The van der Waals surface area contributed by atoms with Gasteiger partial charge in [0.2, 0.25) is 0 Å². The van der Waals surface area contributed by atoms with Gasteiger partial charge in [0, 0.05) is 24.2 Å². The van der Waals surface area contributed by atoms with Crippen LogP contribution in [0.2, 0.25) is 0 Å². The van der Waals surface area contributed by atoms with Crippen molar-refractivity contribution in [3.8, 4) is 0 Å². The molecule has 0 aliphatic heterocycles. The second kappa shape index (κ2) is 7.88. The first-order valence-corrected chi connectivity index (χ1v) is 12.1. The van der Waals surface area contributed by atoms with Crippen molar-refractivity contribution in [2.24, 2.45) is 46.3 Å². The molecule has 4 aliphatic carbocycles. The van der Waals surface area contributed by atoms with Crippen molar-refractivity contribution in [3.05, 3.63) is 0 Å². The van der Waals surface area contributed by atoms with E-state index in [0.29, 0.717) is 36.9 Å². The number of aliphatic hydroxyl groups excluding tert-OH is 2. The maximum atomic E-state index is 13.4. The molecule has 0 radical (unpaired) electrons. The molecule has 10 atom stereocenters. The molecule has 4 fully saturated rings. The third-order valence-corrected chi connectivity index (χ3v) is 10.3. The Morgan fingerprint density at radius 1 is 1.17 bits per heavy atom. The van der Waals surface area contributed by atoms with Crippen LogP contribution in [-0.4, -0.2) is 41.3 Å². The van der Waals surface area contributed by atoms with E-state index in [1.54, 1.807) is 0 Å². The molecule has 0 bridgehead atoms. The number of carbonyl (C=O) groups excluding carboxylic acids is 2. The van der Waals surface area contributed by atoms with E-state index in [0.717, 1.165) is 38.5 Å². The topological polar surface area (TPSA) is 83.8 Å². The number of hydrogen-bond donors (Lipinski definition) is 2. The Morgan fingerprint density at radius 2 is 1.90 bits per heavy atom. The predicted molar refractivity (Wildman–Crippen MR) is 113 cm³/mol. The first kappa shape index (κ1) is 22.3. The molecular weight excluding hydrogens is 380 g/mol. The number of methoxy groups -OCH3 is 1. The Labute approximate surface area is 180 Å². The molecule has 2 N–H and O–H groups in total. The number of hydrogen-bond acceptors (Lipinski definition) is 5. The van der Waals surface area contributed by atoms with Crippen molar-refractivity contribution in [2.75, 3.05) is 7.11 Å². The summed E-state index contributed by atoms with van der Waals surface area (Å²) in [6.45, 7) is 6.74. The first-order valence-electron chi connectivity index (χ1n) is 12.1. The lowest BCUT2D eigenvalue weighted by molar-refractivity contribution is -0.182. The summed E-state index contributed by atoms with van der Waals surface area (Å²) < 4.78 is 4.82. The molecule has 5 heteroatoms. The zero-order valence-corrected chi connectivity index (χ0v) is 19.1. The smallest absolute Gasteiger partial charge is 0.305 e. The monoisotopic (exact) mass is 420 g/mol. The number of carbonyl (C=O) groups is 2. The third-order valence-electron chi connectivity index (χ3n) is 10.3. The number of ether oxygens (including phenoxy) is 1. The molecule has 0 amide bonds.